The van der Waals surface area contributed by atoms with Crippen LogP contribution in [0.3, 0.4) is 0 Å². The zero-order valence-electron chi connectivity index (χ0n) is 10.3. The van der Waals surface area contributed by atoms with E-state index in [1.54, 1.807) is 11.3 Å². The lowest BCUT2D eigenvalue weighted by molar-refractivity contribution is 0.0935. The fourth-order valence-electron chi connectivity index (χ4n) is 2.49. The van der Waals surface area contributed by atoms with E-state index in [1.807, 2.05) is 11.8 Å². The van der Waals surface area contributed by atoms with Crippen molar-refractivity contribution < 1.29 is 4.79 Å². The van der Waals surface area contributed by atoms with Crippen LogP contribution in [0.4, 0.5) is 0 Å². The monoisotopic (exact) mass is 282 g/mol. The number of aryl methyl sites for hydroxylation is 1. The molecule has 3 heterocycles. The van der Waals surface area contributed by atoms with Gasteiger partial charge in [0.05, 0.1) is 4.88 Å². The van der Waals surface area contributed by atoms with Crippen molar-refractivity contribution in [3.05, 3.63) is 21.4 Å². The molecule has 1 atom stereocenters. The van der Waals surface area contributed by atoms with Crippen LogP contribution in [-0.2, 0) is 12.2 Å². The molecule has 0 unspecified atom stereocenters. The number of piperidine rings is 1. The molecule has 3 rings (SSSR count). The number of thiophene rings is 1. The van der Waals surface area contributed by atoms with Gasteiger partial charge in [-0.25, -0.2) is 0 Å². The van der Waals surface area contributed by atoms with Gasteiger partial charge in [0.1, 0.15) is 0 Å². The summed E-state index contributed by atoms with van der Waals surface area (Å²) in [7, 11) is 0. The second-order valence-electron chi connectivity index (χ2n) is 4.88. The van der Waals surface area contributed by atoms with Gasteiger partial charge in [-0.1, -0.05) is 0 Å². The van der Waals surface area contributed by atoms with Crippen LogP contribution in [0.2, 0.25) is 0 Å². The Bertz CT molecular complexity index is 415. The molecule has 0 bridgehead atoms. The number of rotatable bonds is 2. The first-order valence-corrected chi connectivity index (χ1v) is 8.51. The van der Waals surface area contributed by atoms with Crippen LogP contribution < -0.4 is 10.6 Å². The summed E-state index contributed by atoms with van der Waals surface area (Å²) in [6, 6.07) is 2.40. The van der Waals surface area contributed by atoms with Gasteiger partial charge in [0.15, 0.2) is 0 Å². The van der Waals surface area contributed by atoms with Crippen LogP contribution in [0.1, 0.15) is 33.0 Å². The van der Waals surface area contributed by atoms with Crippen LogP contribution in [0, 0.1) is 0 Å². The summed E-state index contributed by atoms with van der Waals surface area (Å²) in [5.41, 5.74) is 1.38. The minimum atomic E-state index is 0.119. The number of thioether (sulfide) groups is 1. The van der Waals surface area contributed by atoms with E-state index in [1.165, 1.54) is 16.2 Å². The maximum atomic E-state index is 12.2. The minimum absolute atomic E-state index is 0.119. The number of fused-ring (bicyclic) bond motifs is 1. The van der Waals surface area contributed by atoms with Gasteiger partial charge in [0.25, 0.3) is 5.91 Å². The van der Waals surface area contributed by atoms with Crippen molar-refractivity contribution in [2.24, 2.45) is 0 Å². The molecular weight excluding hydrogens is 264 g/mol. The SMILES string of the molecule is O=C(N[C@@H]1CCCNC1)c1cc2c(s1)CCSC2. The van der Waals surface area contributed by atoms with Crippen LogP contribution >= 0.6 is 23.1 Å². The average Bonchev–Trinajstić information content (AvgIpc) is 2.84. The van der Waals surface area contributed by atoms with Gasteiger partial charge >= 0.3 is 0 Å². The van der Waals surface area contributed by atoms with Gasteiger partial charge in [0.2, 0.25) is 0 Å². The summed E-state index contributed by atoms with van der Waals surface area (Å²) in [6.07, 6.45) is 3.38. The summed E-state index contributed by atoms with van der Waals surface area (Å²) >= 11 is 3.65. The number of hydrogen-bond donors (Lipinski definition) is 2. The Kier molecular flexibility index (Phi) is 3.91. The Hall–Kier alpha value is -0.520. The summed E-state index contributed by atoms with van der Waals surface area (Å²) in [5.74, 6) is 2.39. The van der Waals surface area contributed by atoms with E-state index in [4.69, 9.17) is 0 Å². The van der Waals surface area contributed by atoms with Crippen LogP contribution in [0.5, 0.6) is 0 Å². The van der Waals surface area contributed by atoms with Crippen LogP contribution in [0.25, 0.3) is 0 Å². The first-order chi connectivity index (χ1) is 8.83. The van der Waals surface area contributed by atoms with Crippen molar-refractivity contribution in [3.63, 3.8) is 0 Å². The highest BCUT2D eigenvalue weighted by atomic mass is 32.2. The minimum Gasteiger partial charge on any atom is -0.347 e. The van der Waals surface area contributed by atoms with Crippen molar-refractivity contribution in [1.82, 2.24) is 10.6 Å². The molecule has 1 amide bonds. The molecule has 2 aliphatic rings. The molecule has 2 aliphatic heterocycles. The maximum Gasteiger partial charge on any atom is 0.261 e. The molecule has 1 aromatic rings. The molecule has 0 aromatic carbocycles. The Morgan fingerprint density at radius 2 is 2.44 bits per heavy atom. The van der Waals surface area contributed by atoms with E-state index in [-0.39, 0.29) is 5.91 Å². The zero-order valence-corrected chi connectivity index (χ0v) is 12.0. The number of amides is 1. The Labute approximate surface area is 116 Å². The van der Waals surface area contributed by atoms with Crippen LogP contribution in [0.15, 0.2) is 6.07 Å². The standard InChI is InChI=1S/C13H18N2OS2/c16-13(15-10-2-1-4-14-7-10)12-6-9-8-17-5-3-11(9)18-12/h6,10,14H,1-5,7-8H2,(H,15,16)/t10-/m1/s1. The van der Waals surface area contributed by atoms with E-state index >= 15 is 0 Å². The molecular formula is C13H18N2OS2. The number of hydrogen-bond acceptors (Lipinski definition) is 4. The van der Waals surface area contributed by atoms with Crippen LogP contribution in [-0.4, -0.2) is 30.8 Å². The second kappa shape index (κ2) is 5.63. The van der Waals surface area contributed by atoms with Gasteiger partial charge in [-0.15, -0.1) is 11.3 Å². The molecule has 98 valence electrons. The largest absolute Gasteiger partial charge is 0.347 e. The molecule has 18 heavy (non-hydrogen) atoms. The van der Waals surface area contributed by atoms with Gasteiger partial charge < -0.3 is 10.6 Å². The Balaban J connectivity index is 1.66. The molecule has 3 nitrogen and oxygen atoms in total. The molecule has 2 N–H and O–H groups in total. The number of carbonyl (C=O) groups excluding carboxylic acids is 1. The number of carbonyl (C=O) groups is 1. The van der Waals surface area contributed by atoms with E-state index in [2.05, 4.69) is 16.7 Å². The first-order valence-electron chi connectivity index (χ1n) is 6.54. The molecule has 0 spiro atoms. The van der Waals surface area contributed by atoms with Gasteiger partial charge in [-0.2, -0.15) is 11.8 Å². The topological polar surface area (TPSA) is 41.1 Å². The van der Waals surface area contributed by atoms with Gasteiger partial charge in [-0.3, -0.25) is 4.79 Å². The van der Waals surface area contributed by atoms with Crippen molar-refractivity contribution in [2.45, 2.75) is 31.1 Å². The predicted molar refractivity (Wildman–Crippen MR) is 77.5 cm³/mol. The molecule has 0 radical (unpaired) electrons. The molecule has 0 aliphatic carbocycles. The van der Waals surface area contributed by atoms with E-state index in [9.17, 15) is 4.79 Å². The molecule has 0 saturated carbocycles. The third-order valence-corrected chi connectivity index (χ3v) is 5.73. The molecule has 1 saturated heterocycles. The Morgan fingerprint density at radius 3 is 3.22 bits per heavy atom. The molecule has 1 fully saturated rings. The lowest BCUT2D eigenvalue weighted by Gasteiger charge is -2.23. The summed E-state index contributed by atoms with van der Waals surface area (Å²) < 4.78 is 0. The fourth-order valence-corrected chi connectivity index (χ4v) is 4.77. The number of nitrogens with one attached hydrogen (secondary N) is 2. The highest BCUT2D eigenvalue weighted by Gasteiger charge is 2.20. The highest BCUT2D eigenvalue weighted by molar-refractivity contribution is 7.98. The van der Waals surface area contributed by atoms with Gasteiger partial charge in [0, 0.05) is 23.2 Å². The van der Waals surface area contributed by atoms with E-state index in [0.29, 0.717) is 6.04 Å². The normalized spacial score (nSPS) is 23.4. The third kappa shape index (κ3) is 2.73. The lowest BCUT2D eigenvalue weighted by Crippen LogP contribution is -2.45. The third-order valence-electron chi connectivity index (χ3n) is 3.48. The highest BCUT2D eigenvalue weighted by Crippen LogP contribution is 2.31. The van der Waals surface area contributed by atoms with E-state index < -0.39 is 0 Å². The van der Waals surface area contributed by atoms with Crippen molar-refractivity contribution in [3.8, 4) is 0 Å². The van der Waals surface area contributed by atoms with Crippen molar-refractivity contribution in [1.29, 1.82) is 0 Å². The summed E-state index contributed by atoms with van der Waals surface area (Å²) in [6.45, 7) is 1.99. The fraction of sp³-hybridized carbons (Fsp3) is 0.615. The molecule has 1 aromatic heterocycles. The zero-order chi connectivity index (χ0) is 12.4. The quantitative estimate of drug-likeness (QED) is 0.872. The van der Waals surface area contributed by atoms with Gasteiger partial charge in [-0.05, 0) is 43.2 Å². The smallest absolute Gasteiger partial charge is 0.261 e. The first kappa shape index (κ1) is 12.5. The van der Waals surface area contributed by atoms with Crippen molar-refractivity contribution in [2.75, 3.05) is 18.8 Å². The molecule has 5 heteroatoms. The predicted octanol–water partition coefficient (Wildman–Crippen LogP) is 2.02. The maximum absolute atomic E-state index is 12.2. The Morgan fingerprint density at radius 1 is 1.50 bits per heavy atom. The average molecular weight is 282 g/mol. The lowest BCUT2D eigenvalue weighted by atomic mass is 10.1. The van der Waals surface area contributed by atoms with E-state index in [0.717, 1.165) is 43.0 Å². The summed E-state index contributed by atoms with van der Waals surface area (Å²) in [5, 5.41) is 6.47. The summed E-state index contributed by atoms with van der Waals surface area (Å²) in [4.78, 5) is 14.5. The second-order valence-corrected chi connectivity index (χ2v) is 7.12. The van der Waals surface area contributed by atoms with Crippen molar-refractivity contribution >= 4 is 29.0 Å².